The van der Waals surface area contributed by atoms with Crippen LogP contribution in [-0.2, 0) is 7.05 Å². The highest BCUT2D eigenvalue weighted by Crippen LogP contribution is 2.31. The first-order valence-corrected chi connectivity index (χ1v) is 7.13. The van der Waals surface area contributed by atoms with Crippen molar-refractivity contribution in [3.63, 3.8) is 0 Å². The lowest BCUT2D eigenvalue weighted by Gasteiger charge is -2.19. The first kappa shape index (κ1) is 13.8. The minimum Gasteiger partial charge on any atom is -0.309 e. The van der Waals surface area contributed by atoms with Crippen LogP contribution < -0.4 is 5.32 Å². The smallest absolute Gasteiger partial charge is 0.0647 e. The highest BCUT2D eigenvalue weighted by molar-refractivity contribution is 5.85. The van der Waals surface area contributed by atoms with E-state index in [1.54, 1.807) is 0 Å². The first-order valence-electron chi connectivity index (χ1n) is 7.13. The van der Waals surface area contributed by atoms with Gasteiger partial charge in [-0.05, 0) is 37.9 Å². The molecule has 1 atom stereocenters. The predicted octanol–water partition coefficient (Wildman–Crippen LogP) is 2.89. The highest BCUT2D eigenvalue weighted by Gasteiger charge is 2.21. The predicted molar refractivity (Wildman–Crippen MR) is 85.3 cm³/mol. The Morgan fingerprint density at radius 1 is 1.19 bits per heavy atom. The van der Waals surface area contributed by atoms with Gasteiger partial charge in [0.15, 0.2) is 0 Å². The van der Waals surface area contributed by atoms with Gasteiger partial charge >= 0.3 is 0 Å². The minimum atomic E-state index is 0.117. The van der Waals surface area contributed by atoms with Crippen molar-refractivity contribution in [2.75, 3.05) is 7.05 Å². The molecule has 1 N–H and O–H groups in total. The quantitative estimate of drug-likeness (QED) is 0.802. The van der Waals surface area contributed by atoms with Crippen molar-refractivity contribution in [1.82, 2.24) is 20.1 Å². The largest absolute Gasteiger partial charge is 0.309 e. The van der Waals surface area contributed by atoms with Gasteiger partial charge in [0.1, 0.15) is 0 Å². The van der Waals surface area contributed by atoms with Gasteiger partial charge in [-0.2, -0.15) is 5.10 Å². The zero-order valence-corrected chi connectivity index (χ0v) is 12.9. The molecule has 0 bridgehead atoms. The average molecular weight is 280 g/mol. The fraction of sp³-hybridized carbons (Fsp3) is 0.294. The molecule has 0 aliphatic carbocycles. The van der Waals surface area contributed by atoms with Crippen LogP contribution in [-0.4, -0.2) is 21.8 Å². The van der Waals surface area contributed by atoms with Gasteiger partial charge in [0.05, 0.1) is 11.7 Å². The summed E-state index contributed by atoms with van der Waals surface area (Å²) in [5, 5.41) is 10.4. The van der Waals surface area contributed by atoms with Crippen molar-refractivity contribution in [1.29, 1.82) is 0 Å². The third-order valence-corrected chi connectivity index (χ3v) is 4.17. The van der Waals surface area contributed by atoms with Crippen molar-refractivity contribution in [2.24, 2.45) is 7.05 Å². The number of aryl methyl sites for hydroxylation is 2. The molecule has 2 aromatic heterocycles. The lowest BCUT2D eigenvalue weighted by molar-refractivity contribution is 0.682. The monoisotopic (exact) mass is 280 g/mol. The molecule has 0 aliphatic rings. The van der Waals surface area contributed by atoms with Crippen LogP contribution in [0.2, 0.25) is 0 Å². The summed E-state index contributed by atoms with van der Waals surface area (Å²) in [5.41, 5.74) is 4.74. The summed E-state index contributed by atoms with van der Waals surface area (Å²) in [4.78, 5) is 4.29. The number of nitrogens with zero attached hydrogens (tertiary/aromatic N) is 3. The fourth-order valence-corrected chi connectivity index (χ4v) is 3.05. The van der Waals surface area contributed by atoms with Crippen molar-refractivity contribution in [3.8, 4) is 0 Å². The van der Waals surface area contributed by atoms with Crippen molar-refractivity contribution >= 4 is 10.8 Å². The summed E-state index contributed by atoms with van der Waals surface area (Å²) in [6.45, 7) is 4.18. The number of fused-ring (bicyclic) bond motifs is 1. The number of nitrogens with one attached hydrogen (secondary N) is 1. The second kappa shape index (κ2) is 5.30. The summed E-state index contributed by atoms with van der Waals surface area (Å²) in [5.74, 6) is 0. The maximum Gasteiger partial charge on any atom is 0.0647 e. The minimum absolute atomic E-state index is 0.117. The molecule has 0 fully saturated rings. The van der Waals surface area contributed by atoms with E-state index in [-0.39, 0.29) is 6.04 Å². The molecule has 1 aromatic carbocycles. The van der Waals surface area contributed by atoms with Gasteiger partial charge in [0, 0.05) is 36.1 Å². The highest BCUT2D eigenvalue weighted by atomic mass is 15.3. The number of pyridine rings is 1. The Morgan fingerprint density at radius 3 is 2.67 bits per heavy atom. The molecule has 0 aliphatic heterocycles. The standard InChI is InChI=1S/C17H20N4/c1-11-16(12(2)21(4)20-11)17(18-3)14-7-5-6-13-8-9-19-10-15(13)14/h5-10,17-18H,1-4H3. The molecule has 21 heavy (non-hydrogen) atoms. The summed E-state index contributed by atoms with van der Waals surface area (Å²) in [6, 6.07) is 8.55. The average Bonchev–Trinajstić information content (AvgIpc) is 2.75. The Labute approximate surface area is 124 Å². The Morgan fingerprint density at radius 2 is 2.00 bits per heavy atom. The molecule has 0 amide bonds. The van der Waals surface area contributed by atoms with Crippen LogP contribution in [0.25, 0.3) is 10.8 Å². The molecule has 4 heteroatoms. The van der Waals surface area contributed by atoms with Crippen LogP contribution in [0.1, 0.15) is 28.6 Å². The number of rotatable bonds is 3. The van der Waals surface area contributed by atoms with Crippen molar-refractivity contribution in [2.45, 2.75) is 19.9 Å². The normalized spacial score (nSPS) is 12.8. The zero-order chi connectivity index (χ0) is 15.0. The summed E-state index contributed by atoms with van der Waals surface area (Å²) >= 11 is 0. The molecule has 2 heterocycles. The summed E-state index contributed by atoms with van der Waals surface area (Å²) in [7, 11) is 3.98. The number of aromatic nitrogens is 3. The van der Waals surface area contributed by atoms with Crippen LogP contribution in [0.3, 0.4) is 0 Å². The third kappa shape index (κ3) is 2.21. The Hall–Kier alpha value is -2.20. The number of hydrogen-bond acceptors (Lipinski definition) is 3. The second-order valence-electron chi connectivity index (χ2n) is 5.37. The molecule has 3 rings (SSSR count). The van der Waals surface area contributed by atoms with E-state index in [1.165, 1.54) is 27.6 Å². The van der Waals surface area contributed by atoms with E-state index in [0.29, 0.717) is 0 Å². The molecule has 0 saturated carbocycles. The lowest BCUT2D eigenvalue weighted by atomic mass is 9.93. The second-order valence-corrected chi connectivity index (χ2v) is 5.37. The van der Waals surface area contributed by atoms with Gasteiger partial charge in [-0.25, -0.2) is 0 Å². The van der Waals surface area contributed by atoms with E-state index >= 15 is 0 Å². The van der Waals surface area contributed by atoms with Crippen molar-refractivity contribution < 1.29 is 0 Å². The Balaban J connectivity index is 2.23. The molecule has 1 unspecified atom stereocenters. The van der Waals surface area contributed by atoms with Gasteiger partial charge in [-0.1, -0.05) is 18.2 Å². The maximum atomic E-state index is 4.55. The maximum absolute atomic E-state index is 4.55. The van der Waals surface area contributed by atoms with Crippen LogP contribution in [0, 0.1) is 13.8 Å². The first-order chi connectivity index (χ1) is 10.1. The summed E-state index contributed by atoms with van der Waals surface area (Å²) < 4.78 is 1.94. The van der Waals surface area contributed by atoms with Crippen LogP contribution in [0.4, 0.5) is 0 Å². The number of hydrogen-bond donors (Lipinski definition) is 1. The van der Waals surface area contributed by atoms with E-state index in [9.17, 15) is 0 Å². The molecule has 0 spiro atoms. The summed E-state index contributed by atoms with van der Waals surface area (Å²) in [6.07, 6.45) is 3.77. The zero-order valence-electron chi connectivity index (χ0n) is 12.9. The van der Waals surface area contributed by atoms with E-state index in [2.05, 4.69) is 53.5 Å². The lowest BCUT2D eigenvalue weighted by Crippen LogP contribution is -2.19. The van der Waals surface area contributed by atoms with Gasteiger partial charge in [0.2, 0.25) is 0 Å². The molecular weight excluding hydrogens is 260 g/mol. The van der Waals surface area contributed by atoms with Gasteiger partial charge < -0.3 is 5.32 Å². The van der Waals surface area contributed by atoms with E-state index < -0.39 is 0 Å². The molecular formula is C17H20N4. The topological polar surface area (TPSA) is 42.7 Å². The Bertz CT molecular complexity index is 783. The van der Waals surface area contributed by atoms with Crippen molar-refractivity contribution in [3.05, 3.63) is 59.2 Å². The molecule has 0 saturated heterocycles. The van der Waals surface area contributed by atoms with E-state index in [1.807, 2.05) is 31.2 Å². The van der Waals surface area contributed by atoms with Gasteiger partial charge in [-0.15, -0.1) is 0 Å². The van der Waals surface area contributed by atoms with Crippen LogP contribution >= 0.6 is 0 Å². The fourth-order valence-electron chi connectivity index (χ4n) is 3.05. The molecule has 4 nitrogen and oxygen atoms in total. The van der Waals surface area contributed by atoms with Gasteiger partial charge in [-0.3, -0.25) is 9.67 Å². The Kier molecular flexibility index (Phi) is 3.47. The van der Waals surface area contributed by atoms with Crippen LogP contribution in [0.5, 0.6) is 0 Å². The van der Waals surface area contributed by atoms with Crippen LogP contribution in [0.15, 0.2) is 36.7 Å². The van der Waals surface area contributed by atoms with E-state index in [4.69, 9.17) is 0 Å². The SMILES string of the molecule is CNC(c1c(C)nn(C)c1C)c1cccc2ccncc12. The molecule has 0 radical (unpaired) electrons. The third-order valence-electron chi connectivity index (χ3n) is 4.17. The number of benzene rings is 1. The van der Waals surface area contributed by atoms with E-state index in [0.717, 1.165) is 5.69 Å². The van der Waals surface area contributed by atoms with Gasteiger partial charge in [0.25, 0.3) is 0 Å². The molecule has 3 aromatic rings. The molecule has 108 valence electrons.